The minimum absolute atomic E-state index is 0.294. The number of methoxy groups -OCH3 is 1. The van der Waals surface area contributed by atoms with Crippen LogP contribution < -0.4 is 4.90 Å². The average Bonchev–Trinajstić information content (AvgIpc) is 2.69. The SMILES string of the molecule is COC(=O)c1cccc2c1CCN2CC(C)(C)O. The van der Waals surface area contributed by atoms with Gasteiger partial charge in [-0.15, -0.1) is 0 Å². The Hall–Kier alpha value is -1.55. The monoisotopic (exact) mass is 249 g/mol. The van der Waals surface area contributed by atoms with E-state index >= 15 is 0 Å². The van der Waals surface area contributed by atoms with Crippen molar-refractivity contribution in [3.63, 3.8) is 0 Å². The van der Waals surface area contributed by atoms with Gasteiger partial charge in [0.15, 0.2) is 0 Å². The predicted octanol–water partition coefficient (Wildman–Crippen LogP) is 1.61. The first-order valence-corrected chi connectivity index (χ1v) is 6.10. The number of nitrogens with zero attached hydrogens (tertiary/aromatic N) is 1. The summed E-state index contributed by atoms with van der Waals surface area (Å²) in [6, 6.07) is 5.63. The molecule has 4 heteroatoms. The number of benzene rings is 1. The van der Waals surface area contributed by atoms with E-state index in [-0.39, 0.29) is 5.97 Å². The van der Waals surface area contributed by atoms with Crippen molar-refractivity contribution in [3.8, 4) is 0 Å². The van der Waals surface area contributed by atoms with Crippen molar-refractivity contribution in [2.75, 3.05) is 25.1 Å². The first-order chi connectivity index (χ1) is 8.42. The van der Waals surface area contributed by atoms with Gasteiger partial charge in [-0.2, -0.15) is 0 Å². The Balaban J connectivity index is 2.32. The highest BCUT2D eigenvalue weighted by atomic mass is 16.5. The van der Waals surface area contributed by atoms with Crippen molar-refractivity contribution in [1.82, 2.24) is 0 Å². The minimum atomic E-state index is -0.747. The van der Waals surface area contributed by atoms with Crippen molar-refractivity contribution in [1.29, 1.82) is 0 Å². The highest BCUT2D eigenvalue weighted by Crippen LogP contribution is 2.31. The molecule has 0 bridgehead atoms. The summed E-state index contributed by atoms with van der Waals surface area (Å²) >= 11 is 0. The lowest BCUT2D eigenvalue weighted by atomic mass is 10.0. The van der Waals surface area contributed by atoms with Gasteiger partial charge in [-0.3, -0.25) is 0 Å². The fourth-order valence-corrected chi connectivity index (χ4v) is 2.43. The fourth-order valence-electron chi connectivity index (χ4n) is 2.43. The van der Waals surface area contributed by atoms with E-state index in [0.29, 0.717) is 12.1 Å². The molecule has 0 saturated carbocycles. The molecule has 2 rings (SSSR count). The molecule has 0 saturated heterocycles. The summed E-state index contributed by atoms with van der Waals surface area (Å²) in [7, 11) is 1.39. The summed E-state index contributed by atoms with van der Waals surface area (Å²) in [6.45, 7) is 4.96. The Morgan fingerprint density at radius 2 is 2.22 bits per heavy atom. The Labute approximate surface area is 107 Å². The highest BCUT2D eigenvalue weighted by Gasteiger charge is 2.27. The number of ether oxygens (including phenoxy) is 1. The molecular weight excluding hydrogens is 230 g/mol. The van der Waals surface area contributed by atoms with Gasteiger partial charge in [-0.05, 0) is 38.0 Å². The van der Waals surface area contributed by atoms with E-state index in [0.717, 1.165) is 24.2 Å². The van der Waals surface area contributed by atoms with Gasteiger partial charge < -0.3 is 14.7 Å². The van der Waals surface area contributed by atoms with Crippen LogP contribution in [0.15, 0.2) is 18.2 Å². The molecule has 1 heterocycles. The van der Waals surface area contributed by atoms with Gasteiger partial charge in [0.05, 0.1) is 18.3 Å². The van der Waals surface area contributed by atoms with E-state index in [1.165, 1.54) is 7.11 Å². The zero-order valence-electron chi connectivity index (χ0n) is 11.1. The van der Waals surface area contributed by atoms with Gasteiger partial charge in [-0.1, -0.05) is 6.07 Å². The standard InChI is InChI=1S/C14H19NO3/c1-14(2,17)9-15-8-7-10-11(13(16)18-3)5-4-6-12(10)15/h4-6,17H,7-9H2,1-3H3. The van der Waals surface area contributed by atoms with Crippen LogP contribution in [0.4, 0.5) is 5.69 Å². The molecule has 0 atom stereocenters. The number of anilines is 1. The molecule has 0 unspecified atom stereocenters. The third-order valence-corrected chi connectivity index (χ3v) is 3.11. The zero-order chi connectivity index (χ0) is 13.3. The highest BCUT2D eigenvalue weighted by molar-refractivity contribution is 5.93. The van der Waals surface area contributed by atoms with Gasteiger partial charge in [0, 0.05) is 18.8 Å². The number of carbonyl (C=O) groups excluding carboxylic acids is 1. The Morgan fingerprint density at radius 1 is 1.50 bits per heavy atom. The van der Waals surface area contributed by atoms with E-state index in [9.17, 15) is 9.90 Å². The van der Waals surface area contributed by atoms with Crippen LogP contribution in [0.2, 0.25) is 0 Å². The number of esters is 1. The van der Waals surface area contributed by atoms with E-state index < -0.39 is 5.60 Å². The lowest BCUT2D eigenvalue weighted by molar-refractivity contribution is 0.0599. The van der Waals surface area contributed by atoms with Crippen LogP contribution in [-0.2, 0) is 11.2 Å². The summed E-state index contributed by atoms with van der Waals surface area (Å²) < 4.78 is 4.79. The van der Waals surface area contributed by atoms with Crippen LogP contribution >= 0.6 is 0 Å². The number of hydrogen-bond acceptors (Lipinski definition) is 4. The zero-order valence-corrected chi connectivity index (χ0v) is 11.1. The third-order valence-electron chi connectivity index (χ3n) is 3.11. The first kappa shape index (κ1) is 12.9. The van der Waals surface area contributed by atoms with Crippen LogP contribution in [0, 0.1) is 0 Å². The second kappa shape index (κ2) is 4.61. The molecular formula is C14H19NO3. The molecule has 18 heavy (non-hydrogen) atoms. The molecule has 1 aliphatic rings. The van der Waals surface area contributed by atoms with Gasteiger partial charge in [0.2, 0.25) is 0 Å². The quantitative estimate of drug-likeness (QED) is 0.827. The first-order valence-electron chi connectivity index (χ1n) is 6.10. The topological polar surface area (TPSA) is 49.8 Å². The predicted molar refractivity (Wildman–Crippen MR) is 70.0 cm³/mol. The van der Waals surface area contributed by atoms with Gasteiger partial charge in [0.1, 0.15) is 0 Å². The van der Waals surface area contributed by atoms with Crippen LogP contribution in [0.25, 0.3) is 0 Å². The molecule has 1 aliphatic heterocycles. The van der Waals surface area contributed by atoms with E-state index in [1.54, 1.807) is 19.9 Å². The van der Waals surface area contributed by atoms with Crippen molar-refractivity contribution in [2.45, 2.75) is 25.9 Å². The average molecular weight is 249 g/mol. The number of fused-ring (bicyclic) bond motifs is 1. The summed E-state index contributed by atoms with van der Waals surface area (Å²) in [5.41, 5.74) is 1.94. The third kappa shape index (κ3) is 2.48. The molecule has 0 aliphatic carbocycles. The molecule has 0 fully saturated rings. The maximum atomic E-state index is 11.7. The van der Waals surface area contributed by atoms with Gasteiger partial charge >= 0.3 is 5.97 Å². The van der Waals surface area contributed by atoms with Crippen LogP contribution in [0.1, 0.15) is 29.8 Å². The maximum Gasteiger partial charge on any atom is 0.338 e. The number of aliphatic hydroxyl groups is 1. The minimum Gasteiger partial charge on any atom is -0.465 e. The second-order valence-electron chi connectivity index (χ2n) is 5.28. The van der Waals surface area contributed by atoms with Crippen LogP contribution in [0.3, 0.4) is 0 Å². The Bertz CT molecular complexity index is 463. The number of β-amino-alcohol motifs (C(OH)–C–C–N with tert-alkyl or cyclic N) is 1. The molecule has 0 aromatic heterocycles. The molecule has 1 aromatic carbocycles. The number of carbonyl (C=O) groups is 1. The van der Waals surface area contributed by atoms with E-state index in [1.807, 2.05) is 12.1 Å². The lowest BCUT2D eigenvalue weighted by Gasteiger charge is -2.27. The summed E-state index contributed by atoms with van der Waals surface area (Å²) in [5.74, 6) is -0.294. The summed E-state index contributed by atoms with van der Waals surface area (Å²) in [6.07, 6.45) is 0.816. The van der Waals surface area contributed by atoms with E-state index in [4.69, 9.17) is 4.74 Å². The largest absolute Gasteiger partial charge is 0.465 e. The number of hydrogen-bond donors (Lipinski definition) is 1. The van der Waals surface area contributed by atoms with Gasteiger partial charge in [0.25, 0.3) is 0 Å². The fraction of sp³-hybridized carbons (Fsp3) is 0.500. The smallest absolute Gasteiger partial charge is 0.338 e. The Kier molecular flexibility index (Phi) is 3.30. The molecule has 1 N–H and O–H groups in total. The van der Waals surface area contributed by atoms with Crippen LogP contribution in [-0.4, -0.2) is 36.9 Å². The van der Waals surface area contributed by atoms with Crippen molar-refractivity contribution < 1.29 is 14.6 Å². The summed E-state index contributed by atoms with van der Waals surface area (Å²) in [5, 5.41) is 9.89. The normalized spacial score (nSPS) is 14.6. The lowest BCUT2D eigenvalue weighted by Crippen LogP contribution is -2.37. The molecule has 98 valence electrons. The molecule has 0 radical (unpaired) electrons. The number of rotatable bonds is 3. The Morgan fingerprint density at radius 3 is 2.83 bits per heavy atom. The molecule has 0 spiro atoms. The van der Waals surface area contributed by atoms with Gasteiger partial charge in [-0.25, -0.2) is 4.79 Å². The van der Waals surface area contributed by atoms with Crippen molar-refractivity contribution >= 4 is 11.7 Å². The molecule has 0 amide bonds. The second-order valence-corrected chi connectivity index (χ2v) is 5.28. The molecule has 4 nitrogen and oxygen atoms in total. The van der Waals surface area contributed by atoms with Crippen molar-refractivity contribution in [2.24, 2.45) is 0 Å². The summed E-state index contributed by atoms with van der Waals surface area (Å²) in [4.78, 5) is 13.8. The van der Waals surface area contributed by atoms with Crippen molar-refractivity contribution in [3.05, 3.63) is 29.3 Å². The maximum absolute atomic E-state index is 11.7. The van der Waals surface area contributed by atoms with Crippen LogP contribution in [0.5, 0.6) is 0 Å². The molecule has 1 aromatic rings. The van der Waals surface area contributed by atoms with E-state index in [2.05, 4.69) is 4.90 Å².